The van der Waals surface area contributed by atoms with E-state index in [-0.39, 0.29) is 32.8 Å². The van der Waals surface area contributed by atoms with Crippen LogP contribution in [-0.4, -0.2) is 27.3 Å². The van der Waals surface area contributed by atoms with E-state index in [1.54, 1.807) is 0 Å². The number of hydrazone groups is 1. The van der Waals surface area contributed by atoms with Crippen molar-refractivity contribution in [2.24, 2.45) is 5.10 Å². The van der Waals surface area contributed by atoms with Gasteiger partial charge >= 0.3 is 0 Å². The van der Waals surface area contributed by atoms with Crippen LogP contribution in [-0.2, 0) is 0 Å². The molecule has 118 valence electrons. The molecule has 0 bridgehead atoms. The van der Waals surface area contributed by atoms with Gasteiger partial charge in [-0.1, -0.05) is 6.07 Å². The van der Waals surface area contributed by atoms with E-state index in [0.29, 0.717) is 0 Å². The third-order valence-corrected chi connectivity index (χ3v) is 3.37. The van der Waals surface area contributed by atoms with Crippen LogP contribution in [0, 0.1) is 10.1 Å². The van der Waals surface area contributed by atoms with E-state index >= 15 is 0 Å². The number of carbonyl (C=O) groups is 1. The molecule has 0 saturated carbocycles. The van der Waals surface area contributed by atoms with Crippen molar-refractivity contribution in [1.29, 1.82) is 0 Å². The highest BCUT2D eigenvalue weighted by Gasteiger charge is 2.13. The maximum absolute atomic E-state index is 11.8. The molecule has 2 aromatic carbocycles. The minimum Gasteiger partial charge on any atom is -0.508 e. The van der Waals surface area contributed by atoms with Crippen molar-refractivity contribution in [1.82, 2.24) is 5.43 Å². The van der Waals surface area contributed by atoms with Crippen molar-refractivity contribution in [2.75, 3.05) is 0 Å². The van der Waals surface area contributed by atoms with Crippen molar-refractivity contribution < 1.29 is 19.9 Å². The quantitative estimate of drug-likeness (QED) is 0.427. The molecular weight excluding hydrogens is 370 g/mol. The standard InChI is InChI=1S/C14H10BrN3O5/c15-12-6-10(18(22)23)4-9(13(12)20)7-16-17-14(21)8-2-1-3-11(19)5-8/h1-7,19-20H,(H,17,21)/b16-7+. The Balaban J connectivity index is 2.17. The second-order valence-corrected chi connectivity index (χ2v) is 5.23. The Bertz CT molecular complexity index is 807. The van der Waals surface area contributed by atoms with Crippen molar-refractivity contribution in [3.8, 4) is 11.5 Å². The van der Waals surface area contributed by atoms with Crippen LogP contribution in [0.15, 0.2) is 46.0 Å². The summed E-state index contributed by atoms with van der Waals surface area (Å²) >= 11 is 3.00. The van der Waals surface area contributed by atoms with Gasteiger partial charge in [0.05, 0.1) is 15.6 Å². The number of benzene rings is 2. The van der Waals surface area contributed by atoms with Gasteiger partial charge in [-0.05, 0) is 34.1 Å². The van der Waals surface area contributed by atoms with Gasteiger partial charge in [-0.3, -0.25) is 14.9 Å². The van der Waals surface area contributed by atoms with Gasteiger partial charge in [-0.25, -0.2) is 5.43 Å². The summed E-state index contributed by atoms with van der Waals surface area (Å²) in [6.45, 7) is 0. The third kappa shape index (κ3) is 4.04. The highest BCUT2D eigenvalue weighted by Crippen LogP contribution is 2.31. The van der Waals surface area contributed by atoms with E-state index in [4.69, 9.17) is 0 Å². The van der Waals surface area contributed by atoms with E-state index in [9.17, 15) is 25.1 Å². The Hall–Kier alpha value is -2.94. The predicted molar refractivity (Wildman–Crippen MR) is 85.6 cm³/mol. The van der Waals surface area contributed by atoms with Crippen LogP contribution in [0.2, 0.25) is 0 Å². The van der Waals surface area contributed by atoms with E-state index in [0.717, 1.165) is 18.3 Å². The molecule has 23 heavy (non-hydrogen) atoms. The van der Waals surface area contributed by atoms with Gasteiger partial charge < -0.3 is 10.2 Å². The lowest BCUT2D eigenvalue weighted by Crippen LogP contribution is -2.17. The number of amides is 1. The first-order chi connectivity index (χ1) is 10.9. The number of halogens is 1. The SMILES string of the molecule is O=C(N/N=C/c1cc([N+](=O)[O-])cc(Br)c1O)c1cccc(O)c1. The zero-order chi connectivity index (χ0) is 17.0. The van der Waals surface area contributed by atoms with Crippen molar-refractivity contribution in [3.63, 3.8) is 0 Å². The second kappa shape index (κ2) is 6.88. The number of nitrogens with zero attached hydrogens (tertiary/aromatic N) is 2. The van der Waals surface area contributed by atoms with Gasteiger partial charge in [0.1, 0.15) is 11.5 Å². The zero-order valence-corrected chi connectivity index (χ0v) is 13.0. The largest absolute Gasteiger partial charge is 0.508 e. The number of phenolic OH excluding ortho intramolecular Hbond substituents is 2. The van der Waals surface area contributed by atoms with E-state index in [1.165, 1.54) is 24.3 Å². The number of nitro groups is 1. The number of rotatable bonds is 4. The smallest absolute Gasteiger partial charge is 0.271 e. The van der Waals surface area contributed by atoms with Gasteiger partial charge in [0, 0.05) is 23.3 Å². The van der Waals surface area contributed by atoms with Crippen LogP contribution in [0.5, 0.6) is 11.5 Å². The molecule has 0 unspecified atom stereocenters. The molecule has 8 nitrogen and oxygen atoms in total. The predicted octanol–water partition coefficient (Wildman–Crippen LogP) is 2.53. The summed E-state index contributed by atoms with van der Waals surface area (Å²) in [4.78, 5) is 22.0. The Morgan fingerprint density at radius 3 is 2.70 bits per heavy atom. The number of nitro benzene ring substituents is 1. The fourth-order valence-electron chi connectivity index (χ4n) is 1.68. The van der Waals surface area contributed by atoms with Crippen molar-refractivity contribution >= 4 is 33.7 Å². The summed E-state index contributed by atoms with van der Waals surface area (Å²) in [5.74, 6) is -0.894. The van der Waals surface area contributed by atoms with Gasteiger partial charge in [0.2, 0.25) is 0 Å². The number of aromatic hydroxyl groups is 2. The lowest BCUT2D eigenvalue weighted by molar-refractivity contribution is -0.385. The molecule has 0 spiro atoms. The molecule has 3 N–H and O–H groups in total. The molecule has 0 saturated heterocycles. The third-order valence-electron chi connectivity index (χ3n) is 2.77. The summed E-state index contributed by atoms with van der Waals surface area (Å²) in [5, 5.41) is 33.5. The molecule has 1 amide bonds. The van der Waals surface area contributed by atoms with E-state index in [2.05, 4.69) is 26.5 Å². The maximum atomic E-state index is 11.8. The Morgan fingerprint density at radius 2 is 2.04 bits per heavy atom. The molecular formula is C14H10BrN3O5. The fourth-order valence-corrected chi connectivity index (χ4v) is 2.14. The summed E-state index contributed by atoms with van der Waals surface area (Å²) in [7, 11) is 0. The number of non-ortho nitro benzene ring substituents is 1. The molecule has 0 aliphatic heterocycles. The average Bonchev–Trinajstić information content (AvgIpc) is 2.50. The average molecular weight is 380 g/mol. The summed E-state index contributed by atoms with van der Waals surface area (Å²) < 4.78 is 0.132. The second-order valence-electron chi connectivity index (χ2n) is 4.37. The van der Waals surface area contributed by atoms with Gasteiger partial charge in [0.25, 0.3) is 11.6 Å². The molecule has 9 heteroatoms. The molecule has 0 fully saturated rings. The molecule has 2 rings (SSSR count). The van der Waals surface area contributed by atoms with Gasteiger partial charge in [-0.2, -0.15) is 5.10 Å². The minimum absolute atomic E-state index is 0.0577. The normalized spacial score (nSPS) is 10.7. The molecule has 0 atom stereocenters. The molecule has 2 aromatic rings. The van der Waals surface area contributed by atoms with Crippen LogP contribution in [0.1, 0.15) is 15.9 Å². The minimum atomic E-state index is -0.618. The van der Waals surface area contributed by atoms with Crippen LogP contribution < -0.4 is 5.43 Å². The van der Waals surface area contributed by atoms with Crippen LogP contribution in [0.4, 0.5) is 5.69 Å². The number of phenols is 2. The van der Waals surface area contributed by atoms with E-state index < -0.39 is 10.8 Å². The zero-order valence-electron chi connectivity index (χ0n) is 11.4. The topological polar surface area (TPSA) is 125 Å². The monoisotopic (exact) mass is 379 g/mol. The van der Waals surface area contributed by atoms with Crippen LogP contribution >= 0.6 is 15.9 Å². The Morgan fingerprint density at radius 1 is 1.30 bits per heavy atom. The number of nitrogens with one attached hydrogen (secondary N) is 1. The van der Waals surface area contributed by atoms with Crippen molar-refractivity contribution in [3.05, 3.63) is 62.1 Å². The fraction of sp³-hybridized carbons (Fsp3) is 0. The van der Waals surface area contributed by atoms with Gasteiger partial charge in [0.15, 0.2) is 0 Å². The molecule has 0 aliphatic rings. The molecule has 0 heterocycles. The van der Waals surface area contributed by atoms with Crippen LogP contribution in [0.25, 0.3) is 0 Å². The lowest BCUT2D eigenvalue weighted by atomic mass is 10.2. The highest BCUT2D eigenvalue weighted by molar-refractivity contribution is 9.10. The maximum Gasteiger partial charge on any atom is 0.271 e. The highest BCUT2D eigenvalue weighted by atomic mass is 79.9. The summed E-state index contributed by atoms with van der Waals surface area (Å²) in [5.41, 5.74) is 2.20. The van der Waals surface area contributed by atoms with Crippen LogP contribution in [0.3, 0.4) is 0 Å². The lowest BCUT2D eigenvalue weighted by Gasteiger charge is -2.03. The number of hydrogen-bond donors (Lipinski definition) is 3. The molecule has 0 aliphatic carbocycles. The number of hydrogen-bond acceptors (Lipinski definition) is 6. The Kier molecular flexibility index (Phi) is 4.91. The first-order valence-corrected chi connectivity index (χ1v) is 6.97. The first-order valence-electron chi connectivity index (χ1n) is 6.18. The molecule has 0 aromatic heterocycles. The van der Waals surface area contributed by atoms with Crippen molar-refractivity contribution in [2.45, 2.75) is 0 Å². The summed E-state index contributed by atoms with van der Waals surface area (Å²) in [6.07, 6.45) is 1.08. The van der Waals surface area contributed by atoms with E-state index in [1.807, 2.05) is 0 Å². The number of carbonyl (C=O) groups excluding carboxylic acids is 1. The first kappa shape index (κ1) is 16.4. The molecule has 0 radical (unpaired) electrons. The summed E-state index contributed by atoms with van der Waals surface area (Å²) in [6, 6.07) is 7.91. The van der Waals surface area contributed by atoms with Gasteiger partial charge in [-0.15, -0.1) is 0 Å². The Labute approximate surface area is 138 Å².